The van der Waals surface area contributed by atoms with E-state index in [-0.39, 0.29) is 6.42 Å². The van der Waals surface area contributed by atoms with Crippen molar-refractivity contribution in [3.63, 3.8) is 0 Å². The van der Waals surface area contributed by atoms with E-state index in [1.54, 1.807) is 36.5 Å². The van der Waals surface area contributed by atoms with Crippen LogP contribution in [-0.2, 0) is 4.79 Å². The van der Waals surface area contributed by atoms with Crippen LogP contribution in [0, 0.1) is 6.92 Å². The van der Waals surface area contributed by atoms with Gasteiger partial charge in [-0.3, -0.25) is 4.79 Å². The van der Waals surface area contributed by atoms with E-state index in [1.165, 1.54) is 4.88 Å². The van der Waals surface area contributed by atoms with Crippen molar-refractivity contribution in [3.05, 3.63) is 35.5 Å². The fraction of sp³-hybridized carbons (Fsp3) is 0.278. The summed E-state index contributed by atoms with van der Waals surface area (Å²) in [5.41, 5.74) is 2.25. The van der Waals surface area contributed by atoms with E-state index in [4.69, 9.17) is 9.84 Å². The molecule has 5 nitrogen and oxygen atoms in total. The summed E-state index contributed by atoms with van der Waals surface area (Å²) in [5.74, 6) is 0.772. The van der Waals surface area contributed by atoms with Crippen molar-refractivity contribution in [1.29, 1.82) is 0 Å². The van der Waals surface area contributed by atoms with Gasteiger partial charge in [0.15, 0.2) is 0 Å². The van der Waals surface area contributed by atoms with Gasteiger partial charge >= 0.3 is 5.97 Å². The van der Waals surface area contributed by atoms with Gasteiger partial charge in [-0.2, -0.15) is 0 Å². The van der Waals surface area contributed by atoms with E-state index in [9.17, 15) is 4.79 Å². The molecule has 0 saturated carbocycles. The maximum absolute atomic E-state index is 10.7. The molecule has 0 radical (unpaired) electrons. The highest BCUT2D eigenvalue weighted by Gasteiger charge is 2.17. The highest BCUT2D eigenvalue weighted by atomic mass is 32.2. The van der Waals surface area contributed by atoms with Gasteiger partial charge in [-0.1, -0.05) is 12.1 Å². The molecule has 1 aromatic carbocycles. The fourth-order valence-corrected chi connectivity index (χ4v) is 4.65. The number of aryl methyl sites for hydroxylation is 1. The molecule has 0 fully saturated rings. The molecule has 130 valence electrons. The van der Waals surface area contributed by atoms with Gasteiger partial charge in [0.2, 0.25) is 0 Å². The normalized spacial score (nSPS) is 11.0. The Morgan fingerprint density at radius 3 is 2.72 bits per heavy atom. The Morgan fingerprint density at radius 2 is 2.04 bits per heavy atom. The van der Waals surface area contributed by atoms with Crippen molar-refractivity contribution >= 4 is 39.3 Å². The van der Waals surface area contributed by atoms with Gasteiger partial charge in [-0.25, -0.2) is 9.97 Å². The van der Waals surface area contributed by atoms with Crippen molar-refractivity contribution in [2.45, 2.75) is 24.8 Å². The second-order valence-corrected chi connectivity index (χ2v) is 7.75. The molecule has 3 aromatic rings. The van der Waals surface area contributed by atoms with Crippen LogP contribution in [-0.4, -0.2) is 33.9 Å². The van der Waals surface area contributed by atoms with Crippen LogP contribution in [0.2, 0.25) is 0 Å². The van der Waals surface area contributed by atoms with E-state index in [0.29, 0.717) is 6.42 Å². The summed E-state index contributed by atoms with van der Waals surface area (Å²) in [6.45, 7) is 2.09. The number of aromatic nitrogens is 2. The van der Waals surface area contributed by atoms with Gasteiger partial charge in [0, 0.05) is 22.6 Å². The summed E-state index contributed by atoms with van der Waals surface area (Å²) in [4.78, 5) is 21.7. The predicted octanol–water partition coefficient (Wildman–Crippen LogP) is 4.63. The van der Waals surface area contributed by atoms with Gasteiger partial charge in [0.1, 0.15) is 21.9 Å². The lowest BCUT2D eigenvalue weighted by molar-refractivity contribution is -0.137. The maximum atomic E-state index is 10.7. The van der Waals surface area contributed by atoms with Crippen LogP contribution < -0.4 is 4.74 Å². The van der Waals surface area contributed by atoms with Gasteiger partial charge in [-0.05, 0) is 31.0 Å². The summed E-state index contributed by atoms with van der Waals surface area (Å²) in [6.07, 6.45) is 2.37. The standard InChI is InChI=1S/C18H18N2O3S2/c1-11-15(12-5-7-13(23-2)8-6-12)16-17(19-10-20-18(16)25-11)24-9-3-4-14(21)22/h5-8,10H,3-4,9H2,1-2H3,(H,21,22). The van der Waals surface area contributed by atoms with Gasteiger partial charge < -0.3 is 9.84 Å². The molecule has 0 amide bonds. The summed E-state index contributed by atoms with van der Waals surface area (Å²) >= 11 is 3.24. The quantitative estimate of drug-likeness (QED) is 0.369. The lowest BCUT2D eigenvalue weighted by Crippen LogP contribution is -1.95. The molecular formula is C18H18N2O3S2. The van der Waals surface area contributed by atoms with Crippen LogP contribution in [0.4, 0.5) is 0 Å². The van der Waals surface area contributed by atoms with Crippen molar-refractivity contribution < 1.29 is 14.6 Å². The Hall–Kier alpha value is -2.12. The number of hydrogen-bond donors (Lipinski definition) is 1. The summed E-state index contributed by atoms with van der Waals surface area (Å²) < 4.78 is 5.24. The number of carboxylic acid groups (broad SMARTS) is 1. The topological polar surface area (TPSA) is 72.3 Å². The number of methoxy groups -OCH3 is 1. The molecule has 2 heterocycles. The third kappa shape index (κ3) is 3.93. The van der Waals surface area contributed by atoms with Gasteiger partial charge in [0.05, 0.1) is 12.5 Å². The summed E-state index contributed by atoms with van der Waals surface area (Å²) in [7, 11) is 1.65. The average Bonchev–Trinajstić information content (AvgIpc) is 2.95. The number of ether oxygens (including phenoxy) is 1. The van der Waals surface area contributed by atoms with E-state index in [2.05, 4.69) is 16.9 Å². The van der Waals surface area contributed by atoms with Crippen molar-refractivity contribution in [2.75, 3.05) is 12.9 Å². The highest BCUT2D eigenvalue weighted by Crippen LogP contribution is 2.41. The predicted molar refractivity (Wildman–Crippen MR) is 102 cm³/mol. The lowest BCUT2D eigenvalue weighted by Gasteiger charge is -2.07. The number of thiophene rings is 1. The molecule has 0 atom stereocenters. The molecule has 3 rings (SSSR count). The zero-order valence-electron chi connectivity index (χ0n) is 14.0. The highest BCUT2D eigenvalue weighted by molar-refractivity contribution is 7.99. The maximum Gasteiger partial charge on any atom is 0.303 e. The van der Waals surface area contributed by atoms with Crippen LogP contribution in [0.25, 0.3) is 21.3 Å². The molecular weight excluding hydrogens is 356 g/mol. The largest absolute Gasteiger partial charge is 0.497 e. The van der Waals surface area contributed by atoms with E-state index in [1.807, 2.05) is 24.3 Å². The van der Waals surface area contributed by atoms with Crippen LogP contribution in [0.5, 0.6) is 5.75 Å². The number of hydrogen-bond acceptors (Lipinski definition) is 6. The number of rotatable bonds is 7. The monoisotopic (exact) mass is 374 g/mol. The number of nitrogens with zero attached hydrogens (tertiary/aromatic N) is 2. The van der Waals surface area contributed by atoms with Crippen LogP contribution in [0.15, 0.2) is 35.6 Å². The first kappa shape index (κ1) is 17.7. The van der Waals surface area contributed by atoms with Gasteiger partial charge in [-0.15, -0.1) is 23.1 Å². The Bertz CT molecular complexity index is 891. The SMILES string of the molecule is COc1ccc(-c2c(C)sc3ncnc(SCCCC(=O)O)c23)cc1. The minimum atomic E-state index is -0.765. The molecule has 0 aliphatic rings. The number of fused-ring (bicyclic) bond motifs is 1. The van der Waals surface area contributed by atoms with Crippen LogP contribution in [0.3, 0.4) is 0 Å². The molecule has 1 N–H and O–H groups in total. The van der Waals surface area contributed by atoms with Crippen molar-refractivity contribution in [1.82, 2.24) is 9.97 Å². The smallest absolute Gasteiger partial charge is 0.303 e. The first-order valence-corrected chi connectivity index (χ1v) is 9.63. The number of thioether (sulfide) groups is 1. The Kier molecular flexibility index (Phi) is 5.55. The van der Waals surface area contributed by atoms with Gasteiger partial charge in [0.25, 0.3) is 0 Å². The Morgan fingerprint density at radius 1 is 1.28 bits per heavy atom. The molecule has 2 aromatic heterocycles. The Labute approximate surface area is 154 Å². The minimum absolute atomic E-state index is 0.176. The van der Waals surface area contributed by atoms with Crippen LogP contribution in [0.1, 0.15) is 17.7 Å². The average molecular weight is 374 g/mol. The van der Waals surface area contributed by atoms with Crippen molar-refractivity contribution in [3.8, 4) is 16.9 Å². The second-order valence-electron chi connectivity index (χ2n) is 5.47. The molecule has 0 bridgehead atoms. The first-order valence-electron chi connectivity index (χ1n) is 7.83. The lowest BCUT2D eigenvalue weighted by atomic mass is 10.0. The third-order valence-corrected chi connectivity index (χ3v) is 5.87. The van der Waals surface area contributed by atoms with Crippen LogP contribution >= 0.6 is 23.1 Å². The number of aliphatic carboxylic acids is 1. The summed E-state index contributed by atoms with van der Waals surface area (Å²) in [5, 5.41) is 10.7. The molecule has 0 saturated heterocycles. The summed E-state index contributed by atoms with van der Waals surface area (Å²) in [6, 6.07) is 7.97. The fourth-order valence-electron chi connectivity index (χ4n) is 2.62. The molecule has 0 spiro atoms. The first-order chi connectivity index (χ1) is 12.1. The van der Waals surface area contributed by atoms with E-state index >= 15 is 0 Å². The third-order valence-electron chi connectivity index (χ3n) is 3.78. The molecule has 0 aliphatic carbocycles. The number of carboxylic acids is 1. The molecule has 0 aliphatic heterocycles. The molecule has 7 heteroatoms. The number of carbonyl (C=O) groups is 1. The second kappa shape index (κ2) is 7.84. The minimum Gasteiger partial charge on any atom is -0.497 e. The van der Waals surface area contributed by atoms with Crippen molar-refractivity contribution in [2.24, 2.45) is 0 Å². The Balaban J connectivity index is 1.97. The molecule has 0 unspecified atom stereocenters. The zero-order chi connectivity index (χ0) is 17.8. The molecule has 25 heavy (non-hydrogen) atoms. The zero-order valence-corrected chi connectivity index (χ0v) is 15.6. The van der Waals surface area contributed by atoms with E-state index in [0.717, 1.165) is 37.9 Å². The number of benzene rings is 1. The van der Waals surface area contributed by atoms with E-state index < -0.39 is 5.97 Å².